The van der Waals surface area contributed by atoms with Gasteiger partial charge in [0.05, 0.1) is 28.9 Å². The molecule has 10 nitrogen and oxygen atoms in total. The van der Waals surface area contributed by atoms with Crippen molar-refractivity contribution in [3.05, 3.63) is 146 Å². The van der Waals surface area contributed by atoms with E-state index in [2.05, 4.69) is 62.7 Å². The number of nitrogens with one attached hydrogen (secondary N) is 1. The molecule has 0 radical (unpaired) electrons. The summed E-state index contributed by atoms with van der Waals surface area (Å²) in [7, 11) is 0. The van der Waals surface area contributed by atoms with E-state index < -0.39 is 29.9 Å². The van der Waals surface area contributed by atoms with E-state index in [9.17, 15) is 14.4 Å². The fourth-order valence-corrected chi connectivity index (χ4v) is 8.66. The van der Waals surface area contributed by atoms with Crippen molar-refractivity contribution < 1.29 is 19.2 Å². The van der Waals surface area contributed by atoms with Gasteiger partial charge < -0.3 is 15.1 Å². The summed E-state index contributed by atoms with van der Waals surface area (Å²) >= 11 is 12.7. The fourth-order valence-electron chi connectivity index (χ4n) is 8.41. The molecule has 1 N–H and O–H groups in total. The van der Waals surface area contributed by atoms with Gasteiger partial charge in [0.25, 0.3) is 11.8 Å². The molecule has 4 aromatic rings. The summed E-state index contributed by atoms with van der Waals surface area (Å²) in [6, 6.07) is 25.2. The highest BCUT2D eigenvalue weighted by molar-refractivity contribution is 6.31. The van der Waals surface area contributed by atoms with Crippen LogP contribution in [0, 0.1) is 6.92 Å². The molecule has 0 saturated carbocycles. The Kier molecular flexibility index (Phi) is 9.98. The molecule has 292 valence electrons. The number of hydrogen-bond donors (Lipinski definition) is 1. The van der Waals surface area contributed by atoms with Gasteiger partial charge in [-0.25, -0.2) is 4.79 Å². The van der Waals surface area contributed by atoms with Gasteiger partial charge in [-0.3, -0.25) is 29.2 Å². The zero-order valence-corrected chi connectivity index (χ0v) is 33.9. The molecule has 5 amide bonds. The maximum atomic E-state index is 15.2. The average Bonchev–Trinajstić information content (AvgIpc) is 3.70. The lowest BCUT2D eigenvalue weighted by atomic mass is 9.85. The highest BCUT2D eigenvalue weighted by Crippen LogP contribution is 2.45. The summed E-state index contributed by atoms with van der Waals surface area (Å²) in [5.41, 5.74) is 6.47. The minimum Gasteiger partial charge on any atom is -0.367 e. The van der Waals surface area contributed by atoms with Crippen molar-refractivity contribution in [1.29, 1.82) is 0 Å². The molecule has 8 rings (SSSR count). The van der Waals surface area contributed by atoms with Gasteiger partial charge in [-0.05, 0) is 77.4 Å². The summed E-state index contributed by atoms with van der Waals surface area (Å²) < 4.78 is 0. The molecule has 2 fully saturated rings. The minimum absolute atomic E-state index is 0.0647. The first-order valence-electron chi connectivity index (χ1n) is 19.2. The van der Waals surface area contributed by atoms with Crippen molar-refractivity contribution in [2.75, 3.05) is 31.1 Å². The summed E-state index contributed by atoms with van der Waals surface area (Å²) in [5.74, 6) is -0.396. The Morgan fingerprint density at radius 1 is 0.825 bits per heavy atom. The number of halogens is 2. The molecule has 12 heteroatoms. The number of hydrogen-bond acceptors (Lipinski definition) is 6. The molecule has 0 aromatic heterocycles. The summed E-state index contributed by atoms with van der Waals surface area (Å²) in [5, 5.41) is 3.90. The fraction of sp³-hybridized carbons (Fsp3) is 0.311. The number of amidine groups is 1. The number of anilines is 1. The number of piperazine rings is 1. The van der Waals surface area contributed by atoms with Crippen LogP contribution in [-0.4, -0.2) is 76.5 Å². The van der Waals surface area contributed by atoms with Crippen LogP contribution >= 0.6 is 23.2 Å². The first kappa shape index (κ1) is 38.4. The number of urea groups is 1. The SMILES string of the molecule is C=C1NC(=O)CCC1N1C(=O)c2cccc(N3CCN(C(=O)N4C(c5ccc(C(C)(C)C)cc5C)=N[C@@H](c5ccc(Cl)cc5)[C@H]4c4ccc(Cl)cc4)CC3)c2C1=O. The number of carbonyl (C=O) groups is 4. The molecule has 4 aliphatic rings. The predicted molar refractivity (Wildman–Crippen MR) is 223 cm³/mol. The molecule has 4 aromatic carbocycles. The lowest BCUT2D eigenvalue weighted by Crippen LogP contribution is -2.54. The van der Waals surface area contributed by atoms with E-state index in [-0.39, 0.29) is 23.8 Å². The second kappa shape index (κ2) is 14.8. The van der Waals surface area contributed by atoms with Crippen molar-refractivity contribution in [2.45, 2.75) is 64.1 Å². The first-order chi connectivity index (χ1) is 27.2. The van der Waals surface area contributed by atoms with E-state index >= 15 is 4.79 Å². The molecule has 0 bridgehead atoms. The number of rotatable bonds is 5. The number of amides is 5. The maximum Gasteiger partial charge on any atom is 0.326 e. The van der Waals surface area contributed by atoms with Crippen LogP contribution in [0.4, 0.5) is 10.5 Å². The molecule has 4 aliphatic heterocycles. The standard InChI is InChI=1S/C45H44Cl2N6O4/c1-26-25-30(45(3,4)5)13-18-33(26)41-49-39(28-9-14-31(46)15-10-28)40(29-11-16-32(47)17-12-29)53(41)44(57)51-23-21-50(22-24-51)36-8-6-7-34-38(36)43(56)52(42(34)55)35-19-20-37(54)48-27(35)2/h6-18,25,35,39-40H,2,19-24H2,1,3-5H3,(H,48,54)/t35?,39-,40+/m0/s1. The number of benzene rings is 4. The van der Waals surface area contributed by atoms with Crippen LogP contribution in [-0.2, 0) is 10.2 Å². The van der Waals surface area contributed by atoms with E-state index in [0.717, 1.165) is 22.3 Å². The second-order valence-corrected chi connectivity index (χ2v) is 17.0. The molecule has 0 aliphatic carbocycles. The van der Waals surface area contributed by atoms with Crippen molar-refractivity contribution in [2.24, 2.45) is 4.99 Å². The van der Waals surface area contributed by atoms with Crippen LogP contribution in [0.25, 0.3) is 0 Å². The Morgan fingerprint density at radius 3 is 2.09 bits per heavy atom. The van der Waals surface area contributed by atoms with Crippen LogP contribution < -0.4 is 10.2 Å². The Bertz CT molecular complexity index is 2340. The highest BCUT2D eigenvalue weighted by atomic mass is 35.5. The quantitative estimate of drug-likeness (QED) is 0.204. The van der Waals surface area contributed by atoms with E-state index in [1.165, 1.54) is 10.5 Å². The molecule has 1 unspecified atom stereocenters. The number of fused-ring (bicyclic) bond motifs is 1. The lowest BCUT2D eigenvalue weighted by molar-refractivity contribution is -0.121. The van der Waals surface area contributed by atoms with E-state index in [0.29, 0.717) is 71.0 Å². The first-order valence-corrected chi connectivity index (χ1v) is 20.0. The Morgan fingerprint density at radius 2 is 1.47 bits per heavy atom. The lowest BCUT2D eigenvalue weighted by Gasteiger charge is -2.40. The normalized spacial score (nSPS) is 21.2. The van der Waals surface area contributed by atoms with Crippen LogP contribution in [0.15, 0.2) is 102 Å². The Labute approximate surface area is 342 Å². The van der Waals surface area contributed by atoms with Gasteiger partial charge in [0, 0.05) is 53.9 Å². The zero-order valence-electron chi connectivity index (χ0n) is 32.4. The van der Waals surface area contributed by atoms with Crippen LogP contribution in [0.1, 0.15) is 94.2 Å². The number of carbonyl (C=O) groups excluding carboxylic acids is 4. The molecule has 4 heterocycles. The van der Waals surface area contributed by atoms with Gasteiger partial charge in [0.1, 0.15) is 11.9 Å². The van der Waals surface area contributed by atoms with Gasteiger partial charge in [-0.2, -0.15) is 0 Å². The summed E-state index contributed by atoms with van der Waals surface area (Å²) in [6.45, 7) is 14.1. The molecular formula is C45H44Cl2N6O4. The van der Waals surface area contributed by atoms with Crippen molar-refractivity contribution in [3.8, 4) is 0 Å². The second-order valence-electron chi connectivity index (χ2n) is 16.2. The molecular weight excluding hydrogens is 759 g/mol. The van der Waals surface area contributed by atoms with Crippen LogP contribution in [0.3, 0.4) is 0 Å². The van der Waals surface area contributed by atoms with Crippen molar-refractivity contribution in [1.82, 2.24) is 20.0 Å². The number of nitrogens with zero attached hydrogens (tertiary/aromatic N) is 5. The average molecular weight is 804 g/mol. The zero-order chi connectivity index (χ0) is 40.3. The number of imide groups is 1. The maximum absolute atomic E-state index is 15.2. The van der Waals surface area contributed by atoms with E-state index in [4.69, 9.17) is 28.2 Å². The monoisotopic (exact) mass is 802 g/mol. The van der Waals surface area contributed by atoms with Gasteiger partial charge in [-0.15, -0.1) is 0 Å². The highest BCUT2D eigenvalue weighted by Gasteiger charge is 2.47. The van der Waals surface area contributed by atoms with E-state index in [1.54, 1.807) is 12.1 Å². The van der Waals surface area contributed by atoms with Gasteiger partial charge in [0.2, 0.25) is 5.91 Å². The van der Waals surface area contributed by atoms with Crippen molar-refractivity contribution >= 4 is 58.5 Å². The molecule has 57 heavy (non-hydrogen) atoms. The number of piperidine rings is 1. The number of aliphatic imine (C=N–C) groups is 1. The Hall–Kier alpha value is -5.45. The van der Waals surface area contributed by atoms with E-state index in [1.807, 2.05) is 64.4 Å². The minimum atomic E-state index is -0.618. The third kappa shape index (κ3) is 6.99. The largest absolute Gasteiger partial charge is 0.367 e. The molecule has 2 saturated heterocycles. The van der Waals surface area contributed by atoms with Gasteiger partial charge >= 0.3 is 6.03 Å². The van der Waals surface area contributed by atoms with Gasteiger partial charge in [0.15, 0.2) is 0 Å². The Balaban J connectivity index is 1.12. The van der Waals surface area contributed by atoms with Crippen LogP contribution in [0.5, 0.6) is 0 Å². The van der Waals surface area contributed by atoms with Gasteiger partial charge in [-0.1, -0.05) is 99.1 Å². The van der Waals surface area contributed by atoms with Crippen molar-refractivity contribution in [3.63, 3.8) is 0 Å². The third-order valence-electron chi connectivity index (χ3n) is 11.5. The number of aryl methyl sites for hydroxylation is 1. The summed E-state index contributed by atoms with van der Waals surface area (Å²) in [6.07, 6.45) is 0.523. The molecule has 0 spiro atoms. The predicted octanol–water partition coefficient (Wildman–Crippen LogP) is 8.47. The van der Waals surface area contributed by atoms with Crippen LogP contribution in [0.2, 0.25) is 10.0 Å². The topological polar surface area (TPSA) is 106 Å². The summed E-state index contributed by atoms with van der Waals surface area (Å²) in [4.78, 5) is 67.1. The smallest absolute Gasteiger partial charge is 0.326 e. The third-order valence-corrected chi connectivity index (χ3v) is 12.0. The molecule has 3 atom stereocenters.